The second-order valence-corrected chi connectivity index (χ2v) is 4.13. The van der Waals surface area contributed by atoms with Crippen LogP contribution in [0.1, 0.15) is 12.0 Å². The fourth-order valence-electron chi connectivity index (χ4n) is 1.77. The van der Waals surface area contributed by atoms with Gasteiger partial charge in [0.15, 0.2) is 0 Å². The van der Waals surface area contributed by atoms with Gasteiger partial charge in [-0.05, 0) is 24.6 Å². The number of hydrogen-bond acceptors (Lipinski definition) is 2. The second-order valence-electron chi connectivity index (χ2n) is 4.13. The van der Waals surface area contributed by atoms with Crippen molar-refractivity contribution < 1.29 is 9.90 Å². The summed E-state index contributed by atoms with van der Waals surface area (Å²) in [6.07, 6.45) is 3.20. The minimum absolute atomic E-state index is 0.0578. The van der Waals surface area contributed by atoms with Crippen LogP contribution in [0, 0.1) is 6.92 Å². The van der Waals surface area contributed by atoms with Crippen LogP contribution in [0.3, 0.4) is 0 Å². The second kappa shape index (κ2) is 4.91. The lowest BCUT2D eigenvalue weighted by Crippen LogP contribution is -2.23. The third-order valence-corrected chi connectivity index (χ3v) is 2.69. The Morgan fingerprint density at radius 1 is 1.33 bits per heavy atom. The van der Waals surface area contributed by atoms with Crippen LogP contribution in [0.15, 0.2) is 41.5 Å². The van der Waals surface area contributed by atoms with E-state index in [2.05, 4.69) is 0 Å². The lowest BCUT2D eigenvalue weighted by molar-refractivity contribution is -0.137. The highest BCUT2D eigenvalue weighted by atomic mass is 16.4. The summed E-state index contributed by atoms with van der Waals surface area (Å²) in [5, 5.41) is 8.60. The van der Waals surface area contributed by atoms with Gasteiger partial charge in [-0.2, -0.15) is 0 Å². The summed E-state index contributed by atoms with van der Waals surface area (Å²) >= 11 is 0. The number of rotatable bonds is 4. The van der Waals surface area contributed by atoms with Crippen LogP contribution in [0.4, 0.5) is 0 Å². The fourth-order valence-corrected chi connectivity index (χ4v) is 1.77. The van der Waals surface area contributed by atoms with Gasteiger partial charge in [0.2, 0.25) is 0 Å². The number of carboxylic acid groups (broad SMARTS) is 1. The zero-order valence-electron chi connectivity index (χ0n) is 10.0. The summed E-state index contributed by atoms with van der Waals surface area (Å²) in [6, 6.07) is 7.58. The standard InChI is InChI=1S/C13H14N2O3/c1-10-3-2-4-11(9-10)15-8-7-14(13(15)18)6-5-12(16)17/h2-4,7-9H,5-6H2,1H3,(H,16,17). The molecule has 0 aliphatic carbocycles. The molecule has 5 nitrogen and oxygen atoms in total. The van der Waals surface area contributed by atoms with E-state index >= 15 is 0 Å². The molecular weight excluding hydrogens is 232 g/mol. The first kappa shape index (κ1) is 12.2. The van der Waals surface area contributed by atoms with Crippen LogP contribution < -0.4 is 5.69 Å². The van der Waals surface area contributed by atoms with Gasteiger partial charge in [-0.25, -0.2) is 4.79 Å². The average molecular weight is 246 g/mol. The van der Waals surface area contributed by atoms with Crippen LogP contribution in [-0.4, -0.2) is 20.2 Å². The first-order valence-electron chi connectivity index (χ1n) is 5.64. The molecule has 0 radical (unpaired) electrons. The van der Waals surface area contributed by atoms with Gasteiger partial charge in [-0.15, -0.1) is 0 Å². The van der Waals surface area contributed by atoms with Gasteiger partial charge in [0.1, 0.15) is 0 Å². The van der Waals surface area contributed by atoms with E-state index in [1.165, 1.54) is 9.13 Å². The molecular formula is C13H14N2O3. The highest BCUT2D eigenvalue weighted by Crippen LogP contribution is 2.07. The largest absolute Gasteiger partial charge is 0.481 e. The highest BCUT2D eigenvalue weighted by Gasteiger charge is 2.06. The third-order valence-electron chi connectivity index (χ3n) is 2.69. The maximum absolute atomic E-state index is 12.0. The van der Waals surface area contributed by atoms with E-state index in [1.807, 2.05) is 31.2 Å². The molecule has 0 amide bonds. The number of benzene rings is 1. The minimum atomic E-state index is -0.912. The Labute approximate surface area is 104 Å². The molecule has 18 heavy (non-hydrogen) atoms. The molecule has 0 atom stereocenters. The van der Waals surface area contributed by atoms with Crippen LogP contribution in [0.25, 0.3) is 5.69 Å². The minimum Gasteiger partial charge on any atom is -0.481 e. The first-order chi connectivity index (χ1) is 8.58. The van der Waals surface area contributed by atoms with Crippen molar-refractivity contribution in [2.24, 2.45) is 0 Å². The van der Waals surface area contributed by atoms with Crippen molar-refractivity contribution in [3.63, 3.8) is 0 Å². The van der Waals surface area contributed by atoms with Gasteiger partial charge >= 0.3 is 11.7 Å². The molecule has 1 heterocycles. The number of imidazole rings is 1. The van der Waals surface area contributed by atoms with Gasteiger partial charge in [0.05, 0.1) is 12.1 Å². The van der Waals surface area contributed by atoms with Crippen molar-refractivity contribution in [1.82, 2.24) is 9.13 Å². The Kier molecular flexibility index (Phi) is 3.32. The third kappa shape index (κ3) is 2.51. The van der Waals surface area contributed by atoms with Crippen molar-refractivity contribution in [2.75, 3.05) is 0 Å². The predicted octanol–water partition coefficient (Wildman–Crippen LogP) is 1.42. The number of aromatic nitrogens is 2. The zero-order chi connectivity index (χ0) is 13.1. The van der Waals surface area contributed by atoms with E-state index in [4.69, 9.17) is 5.11 Å². The summed E-state index contributed by atoms with van der Waals surface area (Å²) in [5.41, 5.74) is 1.63. The summed E-state index contributed by atoms with van der Waals surface area (Å²) in [6.45, 7) is 2.14. The molecule has 1 aromatic carbocycles. The van der Waals surface area contributed by atoms with E-state index in [0.717, 1.165) is 11.3 Å². The van der Waals surface area contributed by atoms with Crippen LogP contribution >= 0.6 is 0 Å². The summed E-state index contributed by atoms with van der Waals surface area (Å²) in [5.74, 6) is -0.912. The van der Waals surface area contributed by atoms with Crippen molar-refractivity contribution >= 4 is 5.97 Å². The molecule has 0 saturated heterocycles. The Morgan fingerprint density at radius 3 is 2.78 bits per heavy atom. The SMILES string of the molecule is Cc1cccc(-n2ccn(CCC(=O)O)c2=O)c1. The number of carboxylic acids is 1. The van der Waals surface area contributed by atoms with Crippen LogP contribution in [0.5, 0.6) is 0 Å². The smallest absolute Gasteiger partial charge is 0.332 e. The molecule has 0 aliphatic rings. The van der Waals surface area contributed by atoms with Gasteiger partial charge in [0.25, 0.3) is 0 Å². The molecule has 2 aromatic rings. The quantitative estimate of drug-likeness (QED) is 0.887. The van der Waals surface area contributed by atoms with Gasteiger partial charge in [-0.1, -0.05) is 12.1 Å². The van der Waals surface area contributed by atoms with E-state index in [-0.39, 0.29) is 18.7 Å². The molecule has 0 aliphatic heterocycles. The summed E-state index contributed by atoms with van der Waals surface area (Å²) in [4.78, 5) is 22.5. The molecule has 0 fully saturated rings. The molecule has 5 heteroatoms. The Hall–Kier alpha value is -2.30. The Morgan fingerprint density at radius 2 is 2.11 bits per heavy atom. The number of carbonyl (C=O) groups is 1. The zero-order valence-corrected chi connectivity index (χ0v) is 10.0. The Balaban J connectivity index is 2.31. The van der Waals surface area contributed by atoms with Gasteiger partial charge in [0, 0.05) is 18.9 Å². The fraction of sp³-hybridized carbons (Fsp3) is 0.231. The van der Waals surface area contributed by atoms with E-state index in [0.29, 0.717) is 0 Å². The molecule has 0 bridgehead atoms. The van der Waals surface area contributed by atoms with Gasteiger partial charge in [-0.3, -0.25) is 13.9 Å². The molecule has 0 saturated carbocycles. The molecule has 0 unspecified atom stereocenters. The predicted molar refractivity (Wildman–Crippen MR) is 67.0 cm³/mol. The van der Waals surface area contributed by atoms with E-state index in [1.54, 1.807) is 12.4 Å². The molecule has 2 rings (SSSR count). The molecule has 1 N–H and O–H groups in total. The molecule has 0 spiro atoms. The Bertz CT molecular complexity index is 625. The van der Waals surface area contributed by atoms with Crippen LogP contribution in [-0.2, 0) is 11.3 Å². The van der Waals surface area contributed by atoms with Crippen molar-refractivity contribution in [2.45, 2.75) is 19.9 Å². The van der Waals surface area contributed by atoms with Crippen molar-refractivity contribution in [1.29, 1.82) is 0 Å². The normalized spacial score (nSPS) is 10.5. The molecule has 94 valence electrons. The lowest BCUT2D eigenvalue weighted by Gasteiger charge is -2.02. The number of aliphatic carboxylic acids is 1. The summed E-state index contributed by atoms with van der Waals surface area (Å²) < 4.78 is 2.91. The highest BCUT2D eigenvalue weighted by molar-refractivity contribution is 5.66. The van der Waals surface area contributed by atoms with Gasteiger partial charge < -0.3 is 5.11 Å². The average Bonchev–Trinajstić information content (AvgIpc) is 2.68. The number of hydrogen-bond donors (Lipinski definition) is 1. The maximum Gasteiger partial charge on any atom is 0.332 e. The monoisotopic (exact) mass is 246 g/mol. The molecule has 1 aromatic heterocycles. The van der Waals surface area contributed by atoms with E-state index < -0.39 is 5.97 Å². The van der Waals surface area contributed by atoms with Crippen molar-refractivity contribution in [3.8, 4) is 5.69 Å². The number of aryl methyl sites for hydroxylation is 2. The maximum atomic E-state index is 12.0. The topological polar surface area (TPSA) is 64.2 Å². The van der Waals surface area contributed by atoms with Crippen molar-refractivity contribution in [3.05, 3.63) is 52.7 Å². The summed E-state index contributed by atoms with van der Waals surface area (Å²) in [7, 11) is 0. The first-order valence-corrected chi connectivity index (χ1v) is 5.64. The lowest BCUT2D eigenvalue weighted by atomic mass is 10.2. The number of nitrogens with zero attached hydrogens (tertiary/aromatic N) is 2. The van der Waals surface area contributed by atoms with E-state index in [9.17, 15) is 9.59 Å². The van der Waals surface area contributed by atoms with Crippen LogP contribution in [0.2, 0.25) is 0 Å².